The summed E-state index contributed by atoms with van der Waals surface area (Å²) in [7, 11) is 0. The fourth-order valence-electron chi connectivity index (χ4n) is 1.81. The lowest BCUT2D eigenvalue weighted by molar-refractivity contribution is 0.250. The molecule has 1 heterocycles. The predicted octanol–water partition coefficient (Wildman–Crippen LogP) is 1.70. The molecule has 4 nitrogen and oxygen atoms in total. The highest BCUT2D eigenvalue weighted by molar-refractivity contribution is 9.10. The van der Waals surface area contributed by atoms with Crippen LogP contribution in [0.15, 0.2) is 28.7 Å². The fraction of sp³-hybridized carbons (Fsp3) is 0.364. The Morgan fingerprint density at radius 2 is 2.12 bits per heavy atom. The molecule has 0 spiro atoms. The Balaban J connectivity index is 2.10. The molecule has 0 bridgehead atoms. The van der Waals surface area contributed by atoms with Crippen molar-refractivity contribution in [1.29, 1.82) is 0 Å². The number of hydrogen-bond donors (Lipinski definition) is 2. The second-order valence-electron chi connectivity index (χ2n) is 3.81. The summed E-state index contributed by atoms with van der Waals surface area (Å²) in [5, 5.41) is 2.91. The average Bonchev–Trinajstić information content (AvgIpc) is 2.61. The van der Waals surface area contributed by atoms with Gasteiger partial charge in [0.2, 0.25) is 0 Å². The summed E-state index contributed by atoms with van der Waals surface area (Å²) in [6.45, 7) is 1.29. The van der Waals surface area contributed by atoms with Gasteiger partial charge in [0.1, 0.15) is 0 Å². The zero-order valence-electron chi connectivity index (χ0n) is 8.82. The molecule has 2 rings (SSSR count). The number of anilines is 1. The van der Waals surface area contributed by atoms with Crippen LogP contribution >= 0.6 is 15.9 Å². The minimum Gasteiger partial charge on any atom is -0.333 e. The minimum atomic E-state index is -0.0410. The van der Waals surface area contributed by atoms with E-state index in [1.165, 1.54) is 0 Å². The number of rotatable bonds is 3. The molecule has 5 heteroatoms. The van der Waals surface area contributed by atoms with Crippen molar-refractivity contribution in [2.45, 2.75) is 12.5 Å². The number of nitrogens with zero attached hydrogens (tertiary/aromatic N) is 1. The molecule has 16 heavy (non-hydrogen) atoms. The van der Waals surface area contributed by atoms with Gasteiger partial charge in [-0.25, -0.2) is 4.79 Å². The summed E-state index contributed by atoms with van der Waals surface area (Å²) >= 11 is 3.37. The quantitative estimate of drug-likeness (QED) is 0.887. The van der Waals surface area contributed by atoms with Crippen LogP contribution in [0.25, 0.3) is 0 Å². The molecule has 1 aromatic rings. The first kappa shape index (κ1) is 11.4. The third kappa shape index (κ3) is 2.36. The van der Waals surface area contributed by atoms with Crippen LogP contribution in [0.1, 0.15) is 6.42 Å². The van der Waals surface area contributed by atoms with Gasteiger partial charge in [-0.05, 0) is 37.2 Å². The number of carbonyl (C=O) groups excluding carboxylic acids is 1. The van der Waals surface area contributed by atoms with E-state index in [0.717, 1.165) is 16.6 Å². The van der Waals surface area contributed by atoms with Gasteiger partial charge in [0.25, 0.3) is 0 Å². The monoisotopic (exact) mass is 283 g/mol. The van der Waals surface area contributed by atoms with Gasteiger partial charge in [-0.2, -0.15) is 0 Å². The second kappa shape index (κ2) is 4.84. The van der Waals surface area contributed by atoms with Crippen molar-refractivity contribution in [1.82, 2.24) is 5.32 Å². The van der Waals surface area contributed by atoms with Crippen LogP contribution in [-0.4, -0.2) is 25.2 Å². The van der Waals surface area contributed by atoms with Crippen LogP contribution in [-0.2, 0) is 0 Å². The van der Waals surface area contributed by atoms with E-state index in [1.807, 2.05) is 24.3 Å². The fourth-order valence-corrected chi connectivity index (χ4v) is 2.07. The summed E-state index contributed by atoms with van der Waals surface area (Å²) < 4.78 is 1.01. The molecule has 0 aliphatic carbocycles. The van der Waals surface area contributed by atoms with E-state index in [1.54, 1.807) is 4.90 Å². The Morgan fingerprint density at radius 3 is 2.75 bits per heavy atom. The molecule has 3 N–H and O–H groups in total. The third-order valence-electron chi connectivity index (χ3n) is 2.63. The Morgan fingerprint density at radius 1 is 1.44 bits per heavy atom. The van der Waals surface area contributed by atoms with Crippen molar-refractivity contribution in [3.05, 3.63) is 28.7 Å². The molecular weight excluding hydrogens is 270 g/mol. The maximum Gasteiger partial charge on any atom is 0.322 e. The minimum absolute atomic E-state index is 0.0410. The molecule has 1 fully saturated rings. The van der Waals surface area contributed by atoms with Crippen molar-refractivity contribution in [2.24, 2.45) is 5.73 Å². The normalized spacial score (nSPS) is 20.0. The summed E-state index contributed by atoms with van der Waals surface area (Å²) in [5.74, 6) is 0. The van der Waals surface area contributed by atoms with E-state index < -0.39 is 0 Å². The van der Waals surface area contributed by atoms with Crippen LogP contribution in [0.4, 0.5) is 10.5 Å². The molecule has 1 atom stereocenters. The lowest BCUT2D eigenvalue weighted by atomic mass is 10.2. The zero-order valence-corrected chi connectivity index (χ0v) is 10.4. The number of hydrogen-bond acceptors (Lipinski definition) is 2. The Hall–Kier alpha value is -1.07. The van der Waals surface area contributed by atoms with Crippen molar-refractivity contribution in [2.75, 3.05) is 18.0 Å². The molecule has 1 saturated heterocycles. The van der Waals surface area contributed by atoms with Crippen molar-refractivity contribution in [3.8, 4) is 0 Å². The lowest BCUT2D eigenvalue weighted by Crippen LogP contribution is -2.29. The van der Waals surface area contributed by atoms with Crippen molar-refractivity contribution >= 4 is 27.6 Å². The predicted molar refractivity (Wildman–Crippen MR) is 67.5 cm³/mol. The SMILES string of the molecule is NCCC1CN(c2ccc(Br)cc2)C(=O)N1. The highest BCUT2D eigenvalue weighted by Crippen LogP contribution is 2.21. The molecule has 0 radical (unpaired) electrons. The van der Waals surface area contributed by atoms with E-state index >= 15 is 0 Å². The van der Waals surface area contributed by atoms with E-state index in [2.05, 4.69) is 21.2 Å². The molecule has 1 aromatic carbocycles. The van der Waals surface area contributed by atoms with E-state index in [4.69, 9.17) is 5.73 Å². The first-order valence-electron chi connectivity index (χ1n) is 5.24. The van der Waals surface area contributed by atoms with Gasteiger partial charge in [0.05, 0.1) is 0 Å². The number of carbonyl (C=O) groups is 1. The molecule has 1 unspecified atom stereocenters. The highest BCUT2D eigenvalue weighted by Gasteiger charge is 2.28. The number of amides is 2. The number of halogens is 1. The van der Waals surface area contributed by atoms with Crippen LogP contribution in [0.5, 0.6) is 0 Å². The third-order valence-corrected chi connectivity index (χ3v) is 3.16. The largest absolute Gasteiger partial charge is 0.333 e. The van der Waals surface area contributed by atoms with Crippen LogP contribution in [0.2, 0.25) is 0 Å². The van der Waals surface area contributed by atoms with E-state index in [-0.39, 0.29) is 12.1 Å². The average molecular weight is 284 g/mol. The second-order valence-corrected chi connectivity index (χ2v) is 4.73. The highest BCUT2D eigenvalue weighted by atomic mass is 79.9. The summed E-state index contributed by atoms with van der Waals surface area (Å²) in [5.41, 5.74) is 6.40. The Labute approximate surface area is 103 Å². The Bertz CT molecular complexity index is 379. The molecule has 2 amide bonds. The molecular formula is C11H14BrN3O. The zero-order chi connectivity index (χ0) is 11.5. The maximum atomic E-state index is 11.7. The lowest BCUT2D eigenvalue weighted by Gasteiger charge is -2.14. The van der Waals surface area contributed by atoms with Gasteiger partial charge in [0, 0.05) is 22.7 Å². The number of benzene rings is 1. The van der Waals surface area contributed by atoms with Crippen molar-refractivity contribution in [3.63, 3.8) is 0 Å². The Kier molecular flexibility index (Phi) is 3.46. The van der Waals surface area contributed by atoms with Gasteiger partial charge in [-0.1, -0.05) is 15.9 Å². The maximum absolute atomic E-state index is 11.7. The summed E-state index contributed by atoms with van der Waals surface area (Å²) in [6, 6.07) is 7.84. The topological polar surface area (TPSA) is 58.4 Å². The molecule has 1 aliphatic heterocycles. The first-order chi connectivity index (χ1) is 7.70. The number of urea groups is 1. The van der Waals surface area contributed by atoms with E-state index in [0.29, 0.717) is 13.1 Å². The smallest absolute Gasteiger partial charge is 0.322 e. The molecule has 86 valence electrons. The van der Waals surface area contributed by atoms with Gasteiger partial charge in [-0.15, -0.1) is 0 Å². The molecule has 0 saturated carbocycles. The standard InChI is InChI=1S/C11H14BrN3O/c12-8-1-3-10(4-2-8)15-7-9(5-6-13)14-11(15)16/h1-4,9H,5-7,13H2,(H,14,16). The number of nitrogens with two attached hydrogens (primary N) is 1. The van der Waals surface area contributed by atoms with Crippen LogP contribution in [0.3, 0.4) is 0 Å². The summed E-state index contributed by atoms with van der Waals surface area (Å²) in [4.78, 5) is 13.4. The first-order valence-corrected chi connectivity index (χ1v) is 6.03. The van der Waals surface area contributed by atoms with Crippen LogP contribution < -0.4 is 16.0 Å². The van der Waals surface area contributed by atoms with E-state index in [9.17, 15) is 4.79 Å². The molecule has 1 aliphatic rings. The van der Waals surface area contributed by atoms with Gasteiger partial charge < -0.3 is 11.1 Å². The number of nitrogens with one attached hydrogen (secondary N) is 1. The van der Waals surface area contributed by atoms with Crippen LogP contribution in [0, 0.1) is 0 Å². The van der Waals surface area contributed by atoms with Gasteiger partial charge in [-0.3, -0.25) is 4.90 Å². The summed E-state index contributed by atoms with van der Waals surface area (Å²) in [6.07, 6.45) is 0.818. The molecule has 0 aromatic heterocycles. The van der Waals surface area contributed by atoms with Gasteiger partial charge in [0.15, 0.2) is 0 Å². The van der Waals surface area contributed by atoms with Gasteiger partial charge >= 0.3 is 6.03 Å². The van der Waals surface area contributed by atoms with Crippen molar-refractivity contribution < 1.29 is 4.79 Å².